The van der Waals surface area contributed by atoms with Crippen LogP contribution in [0.3, 0.4) is 0 Å². The Hall–Kier alpha value is -2.85. The van der Waals surface area contributed by atoms with Crippen LogP contribution in [0.15, 0.2) is 73.1 Å². The molecule has 0 saturated carbocycles. The fourth-order valence-corrected chi connectivity index (χ4v) is 3.22. The largest absolute Gasteiger partial charge is 0.497 e. The average molecular weight is 395 g/mol. The van der Waals surface area contributed by atoms with Crippen LogP contribution in [0.2, 0.25) is 5.02 Å². The van der Waals surface area contributed by atoms with Crippen molar-refractivity contribution in [2.75, 3.05) is 13.7 Å². The van der Waals surface area contributed by atoms with E-state index in [0.29, 0.717) is 18.0 Å². The summed E-state index contributed by atoms with van der Waals surface area (Å²) < 4.78 is 5.25. The van der Waals surface area contributed by atoms with Gasteiger partial charge in [-0.3, -0.25) is 9.78 Å². The number of pyridine rings is 1. The molecule has 1 heterocycles. The van der Waals surface area contributed by atoms with Gasteiger partial charge in [-0.25, -0.2) is 0 Å². The van der Waals surface area contributed by atoms with Crippen molar-refractivity contribution in [3.63, 3.8) is 0 Å². The number of rotatable bonds is 8. The predicted octanol–water partition coefficient (Wildman–Crippen LogP) is 4.43. The first-order chi connectivity index (χ1) is 13.7. The summed E-state index contributed by atoms with van der Waals surface area (Å²) in [5.74, 6) is 0.535. The van der Waals surface area contributed by atoms with Crippen molar-refractivity contribution >= 4 is 17.5 Å². The molecule has 0 aliphatic heterocycles. The van der Waals surface area contributed by atoms with Crippen LogP contribution in [-0.2, 0) is 17.6 Å². The third-order valence-electron chi connectivity index (χ3n) is 4.63. The lowest BCUT2D eigenvalue weighted by Gasteiger charge is -2.18. The monoisotopic (exact) mass is 394 g/mol. The molecule has 3 aromatic rings. The summed E-state index contributed by atoms with van der Waals surface area (Å²) in [4.78, 5) is 17.0. The number of benzene rings is 2. The molecule has 1 unspecified atom stereocenters. The lowest BCUT2D eigenvalue weighted by Crippen LogP contribution is -2.32. The summed E-state index contributed by atoms with van der Waals surface area (Å²) in [5, 5.41) is 3.73. The maximum atomic E-state index is 13.0. The number of hydrogen-bond acceptors (Lipinski definition) is 3. The first-order valence-electron chi connectivity index (χ1n) is 9.20. The highest BCUT2D eigenvalue weighted by atomic mass is 35.5. The highest BCUT2D eigenvalue weighted by molar-refractivity contribution is 6.30. The maximum absolute atomic E-state index is 13.0. The van der Waals surface area contributed by atoms with Crippen LogP contribution in [0.5, 0.6) is 5.75 Å². The van der Waals surface area contributed by atoms with Crippen molar-refractivity contribution in [3.05, 3.63) is 94.8 Å². The molecule has 1 amide bonds. The topological polar surface area (TPSA) is 51.2 Å². The summed E-state index contributed by atoms with van der Waals surface area (Å²) >= 11 is 6.01. The summed E-state index contributed by atoms with van der Waals surface area (Å²) in [6.07, 6.45) is 4.84. The van der Waals surface area contributed by atoms with Crippen molar-refractivity contribution in [2.24, 2.45) is 0 Å². The number of nitrogens with zero attached hydrogens (tertiary/aromatic N) is 1. The highest BCUT2D eigenvalue weighted by Gasteiger charge is 2.21. The molecule has 1 aromatic heterocycles. The molecule has 0 fully saturated rings. The summed E-state index contributed by atoms with van der Waals surface area (Å²) in [7, 11) is 1.65. The lowest BCUT2D eigenvalue weighted by molar-refractivity contribution is -0.122. The molecule has 0 bridgehead atoms. The molecule has 2 aromatic carbocycles. The minimum Gasteiger partial charge on any atom is -0.497 e. The molecule has 144 valence electrons. The second-order valence-electron chi connectivity index (χ2n) is 6.56. The minimum atomic E-state index is -0.287. The fourth-order valence-electron chi connectivity index (χ4n) is 3.09. The highest BCUT2D eigenvalue weighted by Crippen LogP contribution is 2.23. The quantitative estimate of drug-likeness (QED) is 0.615. The molecule has 4 nitrogen and oxygen atoms in total. The summed E-state index contributed by atoms with van der Waals surface area (Å²) in [6.45, 7) is 0.562. The van der Waals surface area contributed by atoms with Gasteiger partial charge in [-0.2, -0.15) is 0 Å². The molecule has 0 spiro atoms. The van der Waals surface area contributed by atoms with Gasteiger partial charge in [0.2, 0.25) is 5.91 Å². The Morgan fingerprint density at radius 1 is 1.07 bits per heavy atom. The van der Waals surface area contributed by atoms with Crippen LogP contribution in [-0.4, -0.2) is 24.5 Å². The zero-order valence-corrected chi connectivity index (χ0v) is 16.5. The molecule has 5 heteroatoms. The number of nitrogens with one attached hydrogen (secondary N) is 1. The van der Waals surface area contributed by atoms with E-state index in [2.05, 4.69) is 10.3 Å². The van der Waals surface area contributed by atoms with E-state index in [9.17, 15) is 4.79 Å². The van der Waals surface area contributed by atoms with Gasteiger partial charge in [0.05, 0.1) is 13.0 Å². The molecule has 1 atom stereocenters. The van der Waals surface area contributed by atoms with Crippen LogP contribution >= 0.6 is 11.6 Å². The Labute approximate surface area is 170 Å². The first-order valence-corrected chi connectivity index (χ1v) is 9.58. The van der Waals surface area contributed by atoms with Crippen LogP contribution in [0.4, 0.5) is 0 Å². The average Bonchev–Trinajstić information content (AvgIpc) is 2.73. The van der Waals surface area contributed by atoms with E-state index >= 15 is 0 Å². The van der Waals surface area contributed by atoms with Gasteiger partial charge in [-0.15, -0.1) is 0 Å². The zero-order valence-electron chi connectivity index (χ0n) is 15.8. The van der Waals surface area contributed by atoms with Gasteiger partial charge < -0.3 is 10.1 Å². The predicted molar refractivity (Wildman–Crippen MR) is 112 cm³/mol. The minimum absolute atomic E-state index is 0.00188. The standard InChI is InChI=1S/C23H23ClN2O2/c1-28-21-4-2-3-17(15-21)11-14-26-23(27)22(16-18-9-12-25-13-10-18)19-5-7-20(24)8-6-19/h2-10,12-13,15,22H,11,14,16H2,1H3,(H,26,27). The van der Waals surface area contributed by atoms with Crippen LogP contribution < -0.4 is 10.1 Å². The summed E-state index contributed by atoms with van der Waals surface area (Å²) in [6, 6.07) is 19.2. The SMILES string of the molecule is COc1cccc(CCNC(=O)C(Cc2ccncc2)c2ccc(Cl)cc2)c1. The van der Waals surface area contributed by atoms with E-state index in [0.717, 1.165) is 28.9 Å². The molecule has 0 aliphatic carbocycles. The van der Waals surface area contributed by atoms with Gasteiger partial charge in [0, 0.05) is 24.0 Å². The molecular formula is C23H23ClN2O2. The smallest absolute Gasteiger partial charge is 0.227 e. The van der Waals surface area contributed by atoms with Crippen LogP contribution in [0.25, 0.3) is 0 Å². The molecular weight excluding hydrogens is 372 g/mol. The van der Waals surface area contributed by atoms with E-state index in [4.69, 9.17) is 16.3 Å². The van der Waals surface area contributed by atoms with Crippen molar-refractivity contribution in [3.8, 4) is 5.75 Å². The first kappa shape index (κ1) is 19.9. The molecule has 0 saturated heterocycles. The Bertz CT molecular complexity index is 898. The number of hydrogen-bond donors (Lipinski definition) is 1. The Kier molecular flexibility index (Phi) is 7.04. The van der Waals surface area contributed by atoms with Crippen LogP contribution in [0.1, 0.15) is 22.6 Å². The number of halogens is 1. The lowest BCUT2D eigenvalue weighted by atomic mass is 9.91. The van der Waals surface area contributed by atoms with Crippen LogP contribution in [0, 0.1) is 0 Å². The second kappa shape index (κ2) is 9.90. The van der Waals surface area contributed by atoms with E-state index in [-0.39, 0.29) is 11.8 Å². The van der Waals surface area contributed by atoms with Gasteiger partial charge in [0.25, 0.3) is 0 Å². The van der Waals surface area contributed by atoms with Crippen molar-refractivity contribution < 1.29 is 9.53 Å². The normalized spacial score (nSPS) is 11.6. The fraction of sp³-hybridized carbons (Fsp3) is 0.217. The maximum Gasteiger partial charge on any atom is 0.227 e. The van der Waals surface area contributed by atoms with E-state index in [1.54, 1.807) is 19.5 Å². The van der Waals surface area contributed by atoms with Gasteiger partial charge in [0.15, 0.2) is 0 Å². The number of ether oxygens (including phenoxy) is 1. The zero-order chi connectivity index (χ0) is 19.8. The van der Waals surface area contributed by atoms with E-state index in [1.165, 1.54) is 0 Å². The Morgan fingerprint density at radius 2 is 1.82 bits per heavy atom. The van der Waals surface area contributed by atoms with Gasteiger partial charge >= 0.3 is 0 Å². The van der Waals surface area contributed by atoms with Crippen molar-refractivity contribution in [1.29, 1.82) is 0 Å². The third kappa shape index (κ3) is 5.57. The number of carbonyl (C=O) groups excluding carboxylic acids is 1. The molecule has 3 rings (SSSR count). The van der Waals surface area contributed by atoms with Gasteiger partial charge in [-0.05, 0) is 65.9 Å². The van der Waals surface area contributed by atoms with Crippen molar-refractivity contribution in [2.45, 2.75) is 18.8 Å². The molecule has 1 N–H and O–H groups in total. The number of amides is 1. The van der Waals surface area contributed by atoms with E-state index < -0.39 is 0 Å². The van der Waals surface area contributed by atoms with Crippen molar-refractivity contribution in [1.82, 2.24) is 10.3 Å². The number of methoxy groups -OCH3 is 1. The molecule has 0 radical (unpaired) electrons. The number of aromatic nitrogens is 1. The second-order valence-corrected chi connectivity index (χ2v) is 6.99. The molecule has 0 aliphatic rings. The van der Waals surface area contributed by atoms with Gasteiger partial charge in [-0.1, -0.05) is 35.9 Å². The van der Waals surface area contributed by atoms with E-state index in [1.807, 2.05) is 60.7 Å². The Balaban J connectivity index is 1.68. The number of carbonyl (C=O) groups is 1. The Morgan fingerprint density at radius 3 is 2.54 bits per heavy atom. The third-order valence-corrected chi connectivity index (χ3v) is 4.88. The summed E-state index contributed by atoms with van der Waals surface area (Å²) in [5.41, 5.74) is 3.13. The molecule has 28 heavy (non-hydrogen) atoms. The van der Waals surface area contributed by atoms with Gasteiger partial charge in [0.1, 0.15) is 5.75 Å².